The molecule has 1 N–H and O–H groups in total. The zero-order valence-corrected chi connectivity index (χ0v) is 12.6. The van der Waals surface area contributed by atoms with E-state index in [0.717, 1.165) is 0 Å². The molecular weight excluding hydrogens is 270 g/mol. The van der Waals surface area contributed by atoms with Crippen LogP contribution in [0.25, 0.3) is 11.0 Å². The summed E-state index contributed by atoms with van der Waals surface area (Å²) in [4.78, 5) is 13.5. The molecule has 0 spiro atoms. The van der Waals surface area contributed by atoms with Crippen molar-refractivity contribution in [2.24, 2.45) is 0 Å². The number of para-hydroxylation sites is 1. The Hall–Kier alpha value is -1.85. The molecule has 0 bridgehead atoms. The fourth-order valence-corrected chi connectivity index (χ4v) is 2.21. The molecule has 0 aliphatic rings. The van der Waals surface area contributed by atoms with E-state index in [2.05, 4.69) is 0 Å². The van der Waals surface area contributed by atoms with Crippen LogP contribution in [0.1, 0.15) is 30.0 Å². The van der Waals surface area contributed by atoms with Crippen molar-refractivity contribution >= 4 is 16.9 Å². The minimum absolute atomic E-state index is 0.194. The molecule has 21 heavy (non-hydrogen) atoms. The van der Waals surface area contributed by atoms with E-state index in [0.29, 0.717) is 36.4 Å². The van der Waals surface area contributed by atoms with Gasteiger partial charge in [0.05, 0.1) is 19.3 Å². The minimum Gasteiger partial charge on any atom is -0.478 e. The highest BCUT2D eigenvalue weighted by molar-refractivity contribution is 6.03. The number of nitrogens with zero attached hydrogens (tertiary/aromatic N) is 1. The molecule has 0 saturated heterocycles. The Labute approximate surface area is 124 Å². The van der Waals surface area contributed by atoms with E-state index >= 15 is 0 Å². The Kier molecular flexibility index (Phi) is 4.98. The number of hydrogen-bond donors (Lipinski definition) is 1. The molecule has 0 unspecified atom stereocenters. The molecule has 2 aromatic rings. The van der Waals surface area contributed by atoms with Gasteiger partial charge in [0.1, 0.15) is 16.9 Å². The fraction of sp³-hybridized carbons (Fsp3) is 0.438. The number of carboxylic acid groups (broad SMARTS) is 1. The highest BCUT2D eigenvalue weighted by Gasteiger charge is 2.20. The highest BCUT2D eigenvalue weighted by Crippen LogP contribution is 2.26. The van der Waals surface area contributed by atoms with Gasteiger partial charge >= 0.3 is 5.97 Å². The molecule has 1 aromatic carbocycles. The van der Waals surface area contributed by atoms with E-state index in [-0.39, 0.29) is 11.7 Å². The van der Waals surface area contributed by atoms with Gasteiger partial charge in [-0.25, -0.2) is 4.79 Å². The molecule has 5 nitrogen and oxygen atoms in total. The standard InChI is InChI=1S/C16H21NO4/c1-11(2)20-9-8-17(3)10-14-15(16(18)19)12-6-4-5-7-13(12)21-14/h4-7,11H,8-10H2,1-3H3,(H,18,19). The molecule has 0 atom stereocenters. The van der Waals surface area contributed by atoms with Crippen LogP contribution in [0, 0.1) is 0 Å². The van der Waals surface area contributed by atoms with E-state index in [1.54, 1.807) is 12.1 Å². The van der Waals surface area contributed by atoms with Gasteiger partial charge in [-0.1, -0.05) is 18.2 Å². The minimum atomic E-state index is -0.957. The highest BCUT2D eigenvalue weighted by atomic mass is 16.5. The second-order valence-corrected chi connectivity index (χ2v) is 5.36. The quantitative estimate of drug-likeness (QED) is 0.849. The molecule has 0 amide bonds. The number of furan rings is 1. The normalized spacial score (nSPS) is 11.7. The third kappa shape index (κ3) is 3.83. The third-order valence-electron chi connectivity index (χ3n) is 3.22. The van der Waals surface area contributed by atoms with E-state index in [1.165, 1.54) is 0 Å². The summed E-state index contributed by atoms with van der Waals surface area (Å²) in [5.41, 5.74) is 0.860. The van der Waals surface area contributed by atoms with Crippen LogP contribution in [0.15, 0.2) is 28.7 Å². The second kappa shape index (κ2) is 6.74. The van der Waals surface area contributed by atoms with Gasteiger partial charge < -0.3 is 14.3 Å². The Balaban J connectivity index is 2.14. The molecule has 0 aliphatic carbocycles. The maximum atomic E-state index is 11.5. The maximum absolute atomic E-state index is 11.5. The van der Waals surface area contributed by atoms with Gasteiger partial charge in [-0.3, -0.25) is 4.90 Å². The number of carboxylic acids is 1. The molecule has 0 saturated carbocycles. The van der Waals surface area contributed by atoms with Crippen molar-refractivity contribution in [3.63, 3.8) is 0 Å². The predicted molar refractivity (Wildman–Crippen MR) is 80.6 cm³/mol. The molecule has 2 rings (SSSR count). The van der Waals surface area contributed by atoms with Crippen molar-refractivity contribution in [2.75, 3.05) is 20.2 Å². The topological polar surface area (TPSA) is 62.9 Å². The van der Waals surface area contributed by atoms with Crippen molar-refractivity contribution in [3.8, 4) is 0 Å². The zero-order valence-electron chi connectivity index (χ0n) is 12.6. The lowest BCUT2D eigenvalue weighted by Gasteiger charge is -2.16. The molecule has 1 aromatic heterocycles. The molecule has 114 valence electrons. The van der Waals surface area contributed by atoms with Crippen LogP contribution in [0.2, 0.25) is 0 Å². The Morgan fingerprint density at radius 1 is 1.38 bits per heavy atom. The Morgan fingerprint density at radius 3 is 2.76 bits per heavy atom. The maximum Gasteiger partial charge on any atom is 0.339 e. The summed E-state index contributed by atoms with van der Waals surface area (Å²) in [5.74, 6) is -0.475. The summed E-state index contributed by atoms with van der Waals surface area (Å²) in [6, 6.07) is 7.20. The Bertz CT molecular complexity index is 618. The van der Waals surface area contributed by atoms with E-state index in [1.807, 2.05) is 37.9 Å². The number of ether oxygens (including phenoxy) is 1. The number of carbonyl (C=O) groups is 1. The van der Waals surface area contributed by atoms with Gasteiger partial charge in [0.2, 0.25) is 0 Å². The summed E-state index contributed by atoms with van der Waals surface area (Å²) in [7, 11) is 1.92. The fourth-order valence-electron chi connectivity index (χ4n) is 2.21. The van der Waals surface area contributed by atoms with Crippen molar-refractivity contribution in [1.82, 2.24) is 4.90 Å². The van der Waals surface area contributed by atoms with Crippen molar-refractivity contribution < 1.29 is 19.1 Å². The monoisotopic (exact) mass is 291 g/mol. The molecule has 0 aliphatic heterocycles. The average Bonchev–Trinajstić information content (AvgIpc) is 2.75. The van der Waals surface area contributed by atoms with Crippen LogP contribution in [-0.2, 0) is 11.3 Å². The molecule has 0 fully saturated rings. The van der Waals surface area contributed by atoms with Gasteiger partial charge in [-0.2, -0.15) is 0 Å². The van der Waals surface area contributed by atoms with E-state index in [4.69, 9.17) is 9.15 Å². The van der Waals surface area contributed by atoms with Gasteiger partial charge in [-0.05, 0) is 27.0 Å². The predicted octanol–water partition coefficient (Wildman–Crippen LogP) is 2.99. The van der Waals surface area contributed by atoms with E-state index in [9.17, 15) is 9.90 Å². The summed E-state index contributed by atoms with van der Waals surface area (Å²) in [6.07, 6.45) is 0.194. The summed E-state index contributed by atoms with van der Waals surface area (Å²) in [6.45, 7) is 5.74. The lowest BCUT2D eigenvalue weighted by molar-refractivity contribution is 0.0613. The molecule has 1 heterocycles. The number of benzene rings is 1. The van der Waals surface area contributed by atoms with Crippen LogP contribution in [-0.4, -0.2) is 42.3 Å². The number of fused-ring (bicyclic) bond motifs is 1. The second-order valence-electron chi connectivity index (χ2n) is 5.36. The first kappa shape index (κ1) is 15.5. The van der Waals surface area contributed by atoms with Crippen LogP contribution >= 0.6 is 0 Å². The van der Waals surface area contributed by atoms with Gasteiger partial charge in [0, 0.05) is 11.9 Å². The van der Waals surface area contributed by atoms with Gasteiger partial charge in [0.15, 0.2) is 0 Å². The van der Waals surface area contributed by atoms with Crippen LogP contribution in [0.5, 0.6) is 0 Å². The summed E-state index contributed by atoms with van der Waals surface area (Å²) >= 11 is 0. The van der Waals surface area contributed by atoms with Crippen LogP contribution < -0.4 is 0 Å². The number of aromatic carboxylic acids is 1. The number of hydrogen-bond acceptors (Lipinski definition) is 4. The van der Waals surface area contributed by atoms with E-state index < -0.39 is 5.97 Å². The van der Waals surface area contributed by atoms with Crippen molar-refractivity contribution in [2.45, 2.75) is 26.5 Å². The molecule has 5 heteroatoms. The lowest BCUT2D eigenvalue weighted by atomic mass is 10.1. The first-order valence-electron chi connectivity index (χ1n) is 7.03. The SMILES string of the molecule is CC(C)OCCN(C)Cc1oc2ccccc2c1C(=O)O. The smallest absolute Gasteiger partial charge is 0.339 e. The lowest BCUT2D eigenvalue weighted by Crippen LogP contribution is -2.24. The molecule has 0 radical (unpaired) electrons. The van der Waals surface area contributed by atoms with Crippen LogP contribution in [0.4, 0.5) is 0 Å². The van der Waals surface area contributed by atoms with Gasteiger partial charge in [0.25, 0.3) is 0 Å². The zero-order chi connectivity index (χ0) is 15.4. The largest absolute Gasteiger partial charge is 0.478 e. The van der Waals surface area contributed by atoms with Crippen molar-refractivity contribution in [1.29, 1.82) is 0 Å². The third-order valence-corrected chi connectivity index (χ3v) is 3.22. The van der Waals surface area contributed by atoms with Crippen LogP contribution in [0.3, 0.4) is 0 Å². The summed E-state index contributed by atoms with van der Waals surface area (Å²) < 4.78 is 11.2. The number of rotatable bonds is 7. The van der Waals surface area contributed by atoms with Crippen molar-refractivity contribution in [3.05, 3.63) is 35.6 Å². The Morgan fingerprint density at radius 2 is 2.10 bits per heavy atom. The first-order chi connectivity index (χ1) is 9.99. The van der Waals surface area contributed by atoms with Gasteiger partial charge in [-0.15, -0.1) is 0 Å². The first-order valence-corrected chi connectivity index (χ1v) is 7.03. The summed E-state index contributed by atoms with van der Waals surface area (Å²) in [5, 5.41) is 10.1. The average molecular weight is 291 g/mol. The molecular formula is C16H21NO4. The number of likely N-dealkylation sites (N-methyl/N-ethyl adjacent to an activating group) is 1.